The van der Waals surface area contributed by atoms with E-state index in [1.807, 2.05) is 18.4 Å². The molecule has 0 fully saturated rings. The van der Waals surface area contributed by atoms with E-state index in [9.17, 15) is 0 Å². The van der Waals surface area contributed by atoms with Gasteiger partial charge in [-0.1, -0.05) is 11.5 Å². The predicted molar refractivity (Wildman–Crippen MR) is 73.0 cm³/mol. The topological polar surface area (TPSA) is 54.5 Å². The molecule has 1 unspecified atom stereocenters. The van der Waals surface area contributed by atoms with Gasteiger partial charge in [-0.3, -0.25) is 0 Å². The van der Waals surface area contributed by atoms with Gasteiger partial charge in [-0.2, -0.15) is 5.26 Å². The lowest BCUT2D eigenvalue weighted by Gasteiger charge is -1.95. The van der Waals surface area contributed by atoms with Crippen LogP contribution in [0, 0.1) is 11.3 Å². The number of hydrogen-bond donors (Lipinski definition) is 0. The maximum Gasteiger partial charge on any atom is 0.143 e. The third-order valence-corrected chi connectivity index (χ3v) is 3.30. The number of hydrogen-bond acceptors (Lipinski definition) is 3. The Morgan fingerprint density at radius 3 is 2.82 bits per heavy atom. The highest BCUT2D eigenvalue weighted by atomic mass is 31.0. The van der Waals surface area contributed by atoms with Crippen LogP contribution >= 0.6 is 9.39 Å². The Kier molecular flexibility index (Phi) is 2.14. The van der Waals surface area contributed by atoms with Crippen LogP contribution in [-0.2, 0) is 0 Å². The molecule has 0 radical (unpaired) electrons. The van der Waals surface area contributed by atoms with E-state index in [2.05, 4.69) is 31.5 Å². The summed E-state index contributed by atoms with van der Waals surface area (Å²) in [5.41, 5.74) is 3.37. The second-order valence-corrected chi connectivity index (χ2v) is 4.47. The van der Waals surface area contributed by atoms with Crippen LogP contribution in [0.2, 0.25) is 0 Å². The quantitative estimate of drug-likeness (QED) is 0.419. The first-order valence-electron chi connectivity index (χ1n) is 5.12. The fourth-order valence-electron chi connectivity index (χ4n) is 1.98. The van der Waals surface area contributed by atoms with E-state index in [1.54, 1.807) is 12.3 Å². The second kappa shape index (κ2) is 3.54. The summed E-state index contributed by atoms with van der Waals surface area (Å²) in [5.74, 6) is 0. The molecule has 0 amide bonds. The van der Waals surface area contributed by atoms with Gasteiger partial charge in [0.25, 0.3) is 0 Å². The molecule has 0 bridgehead atoms. The number of nitriles is 1. The maximum absolute atomic E-state index is 8.89. The van der Waals surface area contributed by atoms with Crippen molar-refractivity contribution in [1.29, 1.82) is 5.26 Å². The van der Waals surface area contributed by atoms with E-state index in [4.69, 9.17) is 5.26 Å². The standard InChI is InChI=1S/C11H8BN4P/c12-6-1-9-8-2-7(3-13)14-5-10(8)16(17)11(9)15-4-6/h1-2,4-5H,12,17H2. The first-order valence-corrected chi connectivity index (χ1v) is 5.64. The lowest BCUT2D eigenvalue weighted by atomic mass is 9.97. The zero-order valence-electron chi connectivity index (χ0n) is 9.18. The van der Waals surface area contributed by atoms with E-state index in [1.165, 1.54) is 0 Å². The van der Waals surface area contributed by atoms with Crippen molar-refractivity contribution >= 4 is 44.6 Å². The molecule has 0 spiro atoms. The van der Waals surface area contributed by atoms with Gasteiger partial charge in [0.1, 0.15) is 25.3 Å². The van der Waals surface area contributed by atoms with E-state index in [0.29, 0.717) is 5.69 Å². The average molecular weight is 238 g/mol. The molecule has 3 heterocycles. The van der Waals surface area contributed by atoms with Crippen LogP contribution in [0.4, 0.5) is 0 Å². The first-order chi connectivity index (χ1) is 8.20. The van der Waals surface area contributed by atoms with Gasteiger partial charge in [-0.05, 0) is 15.5 Å². The highest BCUT2D eigenvalue weighted by Gasteiger charge is 2.10. The molecule has 1 atom stereocenters. The molecule has 3 rings (SSSR count). The molecular formula is C11H8BN4P. The largest absolute Gasteiger partial charge is 0.308 e. The molecule has 4 nitrogen and oxygen atoms in total. The zero-order valence-corrected chi connectivity index (χ0v) is 10.3. The molecule has 0 saturated carbocycles. The van der Waals surface area contributed by atoms with Crippen LogP contribution in [0.1, 0.15) is 5.69 Å². The van der Waals surface area contributed by atoms with Crippen LogP contribution in [0.15, 0.2) is 24.5 Å². The number of aromatic nitrogens is 3. The van der Waals surface area contributed by atoms with Crippen molar-refractivity contribution < 1.29 is 0 Å². The van der Waals surface area contributed by atoms with Gasteiger partial charge in [0, 0.05) is 17.0 Å². The normalized spacial score (nSPS) is 10.8. The Labute approximate surface area is 101 Å². The lowest BCUT2D eigenvalue weighted by molar-refractivity contribution is 1.25. The van der Waals surface area contributed by atoms with Gasteiger partial charge < -0.3 is 4.34 Å². The number of pyridine rings is 2. The van der Waals surface area contributed by atoms with Crippen molar-refractivity contribution in [1.82, 2.24) is 14.3 Å². The zero-order chi connectivity index (χ0) is 12.0. The minimum atomic E-state index is 0.427. The third-order valence-electron chi connectivity index (χ3n) is 2.78. The minimum absolute atomic E-state index is 0.427. The van der Waals surface area contributed by atoms with Gasteiger partial charge in [0.05, 0.1) is 11.7 Å². The molecule has 6 heteroatoms. The Morgan fingerprint density at radius 2 is 2.06 bits per heavy atom. The lowest BCUT2D eigenvalue weighted by Crippen LogP contribution is -2.01. The molecule has 3 aromatic rings. The van der Waals surface area contributed by atoms with Gasteiger partial charge >= 0.3 is 0 Å². The van der Waals surface area contributed by atoms with Crippen LogP contribution in [-0.4, -0.2) is 22.2 Å². The molecule has 0 aromatic carbocycles. The van der Waals surface area contributed by atoms with E-state index in [0.717, 1.165) is 27.4 Å². The van der Waals surface area contributed by atoms with E-state index < -0.39 is 0 Å². The molecule has 3 aromatic heterocycles. The summed E-state index contributed by atoms with van der Waals surface area (Å²) < 4.78 is 1.91. The molecule has 17 heavy (non-hydrogen) atoms. The van der Waals surface area contributed by atoms with Gasteiger partial charge in [-0.15, -0.1) is 0 Å². The summed E-state index contributed by atoms with van der Waals surface area (Å²) in [5, 5.41) is 11.0. The number of rotatable bonds is 0. The Hall–Kier alpha value is -1.92. The molecule has 80 valence electrons. The minimum Gasteiger partial charge on any atom is -0.308 e. The van der Waals surface area contributed by atoms with Crippen LogP contribution in [0.3, 0.4) is 0 Å². The van der Waals surface area contributed by atoms with Crippen molar-refractivity contribution in [2.24, 2.45) is 0 Å². The predicted octanol–water partition coefficient (Wildman–Crippen LogP) is 0.353. The number of nitrogens with zero attached hydrogens (tertiary/aromatic N) is 4. The van der Waals surface area contributed by atoms with Crippen molar-refractivity contribution in [3.8, 4) is 6.07 Å². The van der Waals surface area contributed by atoms with E-state index in [-0.39, 0.29) is 0 Å². The van der Waals surface area contributed by atoms with Crippen LogP contribution < -0.4 is 5.46 Å². The van der Waals surface area contributed by atoms with Crippen molar-refractivity contribution in [3.05, 3.63) is 30.2 Å². The molecule has 0 saturated heterocycles. The van der Waals surface area contributed by atoms with Crippen LogP contribution in [0.25, 0.3) is 21.9 Å². The SMILES string of the molecule is Bc1cnc2c(c1)c1cc(C#N)ncc1n2P. The average Bonchev–Trinajstić information content (AvgIpc) is 2.62. The fourth-order valence-corrected chi connectivity index (χ4v) is 2.39. The monoisotopic (exact) mass is 238 g/mol. The number of fused-ring (bicyclic) bond motifs is 3. The van der Waals surface area contributed by atoms with Gasteiger partial charge in [-0.25, -0.2) is 9.97 Å². The molecule has 0 aliphatic heterocycles. The second-order valence-electron chi connectivity index (χ2n) is 3.95. The van der Waals surface area contributed by atoms with Gasteiger partial charge in [0.2, 0.25) is 0 Å². The molecule has 0 N–H and O–H groups in total. The molecule has 0 aliphatic carbocycles. The summed E-state index contributed by atoms with van der Waals surface area (Å²) in [6, 6.07) is 5.94. The third kappa shape index (κ3) is 1.42. The first kappa shape index (κ1) is 10.3. The van der Waals surface area contributed by atoms with Crippen molar-refractivity contribution in [3.63, 3.8) is 0 Å². The summed E-state index contributed by atoms with van der Waals surface area (Å²) in [6.45, 7) is 0. The Balaban J connectivity index is 2.57. The molecular weight excluding hydrogens is 230 g/mol. The van der Waals surface area contributed by atoms with E-state index >= 15 is 0 Å². The summed E-state index contributed by atoms with van der Waals surface area (Å²) in [4.78, 5) is 8.49. The highest BCUT2D eigenvalue weighted by Crippen LogP contribution is 2.28. The smallest absolute Gasteiger partial charge is 0.143 e. The Bertz CT molecular complexity index is 787. The molecule has 0 aliphatic rings. The summed E-state index contributed by atoms with van der Waals surface area (Å²) >= 11 is 0. The summed E-state index contributed by atoms with van der Waals surface area (Å²) in [7, 11) is 4.63. The van der Waals surface area contributed by atoms with Crippen molar-refractivity contribution in [2.75, 3.05) is 0 Å². The Morgan fingerprint density at radius 1 is 1.24 bits per heavy atom. The maximum atomic E-state index is 8.89. The highest BCUT2D eigenvalue weighted by molar-refractivity contribution is 7.15. The van der Waals surface area contributed by atoms with Gasteiger partial charge in [0.15, 0.2) is 0 Å². The van der Waals surface area contributed by atoms with Crippen molar-refractivity contribution in [2.45, 2.75) is 0 Å². The fraction of sp³-hybridized carbons (Fsp3) is 0. The summed E-state index contributed by atoms with van der Waals surface area (Å²) in [6.07, 6.45) is 3.54. The van der Waals surface area contributed by atoms with Crippen LogP contribution in [0.5, 0.6) is 0 Å².